The summed E-state index contributed by atoms with van der Waals surface area (Å²) in [7, 11) is -8.10. The number of hydrogen-bond donors (Lipinski definition) is 1. The predicted octanol–water partition coefficient (Wildman–Crippen LogP) is -1.56. The molecule has 0 atom stereocenters. The standard InChI is InChI=1S/2C7H5N3O4S.Li/c2*8-9-10-15(13,14)6-3-1-5(2-4-6)7(11)12;/h2*1-4H,(H,11,12);/q;;+1/p-1. The molecule has 0 fully saturated rings. The van der Waals surface area contributed by atoms with Gasteiger partial charge in [-0.05, 0) is 53.0 Å². The Labute approximate surface area is 186 Å². The van der Waals surface area contributed by atoms with Gasteiger partial charge in [-0.15, -0.1) is 0 Å². The van der Waals surface area contributed by atoms with E-state index in [1.165, 1.54) is 0 Å². The predicted molar refractivity (Wildman–Crippen MR) is 96.8 cm³/mol. The van der Waals surface area contributed by atoms with Crippen LogP contribution in [-0.2, 0) is 20.0 Å². The molecule has 0 bridgehead atoms. The third-order valence-electron chi connectivity index (χ3n) is 3.08. The van der Waals surface area contributed by atoms with E-state index >= 15 is 0 Å². The number of carboxylic acids is 2. The van der Waals surface area contributed by atoms with Crippen molar-refractivity contribution in [2.75, 3.05) is 0 Å². The minimum absolute atomic E-state index is 0. The van der Waals surface area contributed by atoms with Gasteiger partial charge in [-0.2, -0.15) is 0 Å². The molecule has 2 rings (SSSR count). The molecule has 156 valence electrons. The van der Waals surface area contributed by atoms with Crippen molar-refractivity contribution in [3.05, 3.63) is 80.5 Å². The number of carboxylic acid groups (broad SMARTS) is 2. The van der Waals surface area contributed by atoms with E-state index in [-0.39, 0.29) is 39.8 Å². The van der Waals surface area contributed by atoms with Crippen LogP contribution in [0.4, 0.5) is 0 Å². The van der Waals surface area contributed by atoms with E-state index < -0.39 is 32.0 Å². The molecule has 0 radical (unpaired) electrons. The smallest absolute Gasteiger partial charge is 0.545 e. The third kappa shape index (κ3) is 8.03. The van der Waals surface area contributed by atoms with Crippen LogP contribution in [0.1, 0.15) is 20.7 Å². The van der Waals surface area contributed by atoms with Crippen molar-refractivity contribution in [2.24, 2.45) is 9.04 Å². The quantitative estimate of drug-likeness (QED) is 0.228. The summed E-state index contributed by atoms with van der Waals surface area (Å²) in [5.41, 5.74) is 15.8. The summed E-state index contributed by atoms with van der Waals surface area (Å²) in [6.45, 7) is 0. The van der Waals surface area contributed by atoms with Crippen molar-refractivity contribution >= 4 is 32.0 Å². The van der Waals surface area contributed by atoms with Gasteiger partial charge in [0.05, 0.1) is 21.3 Å². The average molecular weight is 460 g/mol. The molecule has 2 aromatic carbocycles. The largest absolute Gasteiger partial charge is 1.00 e. The second kappa shape index (κ2) is 11.6. The average Bonchev–Trinajstić information content (AvgIpc) is 2.68. The van der Waals surface area contributed by atoms with Crippen molar-refractivity contribution in [1.29, 1.82) is 0 Å². The number of carbonyl (C=O) groups is 2. The van der Waals surface area contributed by atoms with Gasteiger partial charge in [0.1, 0.15) is 0 Å². The maximum atomic E-state index is 11.1. The van der Waals surface area contributed by atoms with E-state index in [4.69, 9.17) is 16.2 Å². The van der Waals surface area contributed by atoms with Crippen LogP contribution in [-0.4, -0.2) is 33.9 Å². The summed E-state index contributed by atoms with van der Waals surface area (Å²) in [6.07, 6.45) is 0. The molecule has 0 unspecified atom stereocenters. The molecule has 0 aliphatic carbocycles. The number of aromatic carboxylic acids is 2. The van der Waals surface area contributed by atoms with Gasteiger partial charge >= 0.3 is 24.8 Å². The summed E-state index contributed by atoms with van der Waals surface area (Å²) >= 11 is 0. The molecule has 31 heavy (non-hydrogen) atoms. The van der Waals surface area contributed by atoms with E-state index in [2.05, 4.69) is 18.9 Å². The van der Waals surface area contributed by atoms with Gasteiger partial charge in [0, 0.05) is 18.9 Å². The Morgan fingerprint density at radius 1 is 0.774 bits per heavy atom. The van der Waals surface area contributed by atoms with Crippen LogP contribution >= 0.6 is 0 Å². The minimum Gasteiger partial charge on any atom is -0.545 e. The molecule has 0 spiro atoms. The fourth-order valence-corrected chi connectivity index (χ4v) is 3.06. The number of nitrogens with zero attached hydrogens (tertiary/aromatic N) is 6. The molecule has 0 saturated heterocycles. The first-order valence-electron chi connectivity index (χ1n) is 7.22. The molecule has 2 aromatic rings. The van der Waals surface area contributed by atoms with Crippen molar-refractivity contribution < 1.29 is 55.5 Å². The zero-order chi connectivity index (χ0) is 22.9. The summed E-state index contributed by atoms with van der Waals surface area (Å²) in [6, 6.07) is 8.50. The van der Waals surface area contributed by atoms with Gasteiger partial charge in [0.15, 0.2) is 0 Å². The van der Waals surface area contributed by atoms with Crippen molar-refractivity contribution in [1.82, 2.24) is 0 Å². The zero-order valence-corrected chi connectivity index (χ0v) is 17.1. The number of carbonyl (C=O) groups excluding carboxylic acids is 1. The normalized spacial score (nSPS) is 10.1. The van der Waals surface area contributed by atoms with E-state index in [0.29, 0.717) is 0 Å². The first-order chi connectivity index (χ1) is 13.9. The molecular weight excluding hydrogens is 451 g/mol. The molecular formula is C14H9LiN6O8S2. The van der Waals surface area contributed by atoms with Crippen molar-refractivity contribution in [3.8, 4) is 0 Å². The van der Waals surface area contributed by atoms with Crippen LogP contribution in [0.5, 0.6) is 0 Å². The topological polar surface area (TPSA) is 243 Å². The molecule has 14 nitrogen and oxygen atoms in total. The molecule has 0 aliphatic rings. The monoisotopic (exact) mass is 460 g/mol. The van der Waals surface area contributed by atoms with Gasteiger partial charge in [-0.3, -0.25) is 0 Å². The van der Waals surface area contributed by atoms with Crippen LogP contribution in [0.25, 0.3) is 20.9 Å². The summed E-state index contributed by atoms with van der Waals surface area (Å²) < 4.78 is 49.7. The van der Waals surface area contributed by atoms with Crippen LogP contribution < -0.4 is 24.0 Å². The van der Waals surface area contributed by atoms with Gasteiger partial charge in [-0.25, -0.2) is 21.6 Å². The molecule has 17 heteroatoms. The summed E-state index contributed by atoms with van der Waals surface area (Å²) in [5, 5.41) is 18.9. The van der Waals surface area contributed by atoms with Gasteiger partial charge in [0.2, 0.25) is 0 Å². The Balaban J connectivity index is 0.000000562. The van der Waals surface area contributed by atoms with Crippen LogP contribution in [0, 0.1) is 0 Å². The van der Waals surface area contributed by atoms with Crippen LogP contribution in [0.2, 0.25) is 0 Å². The summed E-state index contributed by atoms with van der Waals surface area (Å²) in [4.78, 5) is 24.6. The zero-order valence-electron chi connectivity index (χ0n) is 15.4. The fourth-order valence-electron chi connectivity index (χ4n) is 1.72. The first-order valence-corrected chi connectivity index (χ1v) is 10.1. The fraction of sp³-hybridized carbons (Fsp3) is 0. The number of sulfonamides is 2. The van der Waals surface area contributed by atoms with E-state index in [1.807, 2.05) is 0 Å². The SMILES string of the molecule is [Li+].[N-]=[N+]=NS(=O)(=O)c1ccc(C(=O)O)cc1.[N-]=[N+]=NS(=O)(=O)c1ccc(C(=O)[O-])cc1. The maximum absolute atomic E-state index is 11.1. The Bertz CT molecular complexity index is 1160. The molecule has 0 saturated carbocycles. The van der Waals surface area contributed by atoms with E-state index in [1.54, 1.807) is 0 Å². The number of azide groups is 2. The molecule has 0 aromatic heterocycles. The minimum atomic E-state index is -4.06. The molecule has 0 heterocycles. The second-order valence-corrected chi connectivity index (χ2v) is 8.10. The van der Waals surface area contributed by atoms with E-state index in [9.17, 15) is 31.5 Å². The molecule has 0 aliphatic heterocycles. The number of benzene rings is 2. The molecule has 1 N–H and O–H groups in total. The van der Waals surface area contributed by atoms with Crippen LogP contribution in [0.15, 0.2) is 67.4 Å². The Kier molecular flexibility index (Phi) is 10.3. The summed E-state index contributed by atoms with van der Waals surface area (Å²) in [5.74, 6) is -2.58. The molecule has 0 amide bonds. The van der Waals surface area contributed by atoms with Crippen molar-refractivity contribution in [3.63, 3.8) is 0 Å². The number of hydrogen-bond acceptors (Lipinski definition) is 7. The maximum Gasteiger partial charge on any atom is 1.00 e. The Morgan fingerprint density at radius 3 is 1.35 bits per heavy atom. The van der Waals surface area contributed by atoms with Crippen molar-refractivity contribution in [2.45, 2.75) is 9.79 Å². The van der Waals surface area contributed by atoms with Gasteiger partial charge in [-0.1, -0.05) is 12.1 Å². The Hall–Kier alpha value is -3.50. The van der Waals surface area contributed by atoms with Gasteiger partial charge < -0.3 is 15.0 Å². The van der Waals surface area contributed by atoms with Gasteiger partial charge in [0.25, 0.3) is 20.0 Å². The second-order valence-electron chi connectivity index (χ2n) is 4.93. The Morgan fingerprint density at radius 2 is 1.10 bits per heavy atom. The van der Waals surface area contributed by atoms with Crippen LogP contribution in [0.3, 0.4) is 0 Å². The third-order valence-corrected chi connectivity index (χ3v) is 5.39. The number of rotatable bonds is 6. The van der Waals surface area contributed by atoms with E-state index in [0.717, 1.165) is 48.5 Å². The first kappa shape index (κ1) is 27.5.